The smallest absolute Gasteiger partial charge is 0.169 e. The molecule has 1 N–H and O–H groups in total. The topological polar surface area (TPSA) is 25.2 Å². The average molecular weight is 320 g/mol. The van der Waals surface area contributed by atoms with E-state index in [4.69, 9.17) is 4.42 Å². The van der Waals surface area contributed by atoms with Gasteiger partial charge >= 0.3 is 0 Å². The minimum absolute atomic E-state index is 0.141. The number of hydrogen-bond donors (Lipinski definition) is 1. The van der Waals surface area contributed by atoms with Crippen LogP contribution in [0.1, 0.15) is 41.8 Å². The minimum Gasteiger partial charge on any atom is -0.452 e. The second-order valence-corrected chi connectivity index (χ2v) is 5.80. The van der Waals surface area contributed by atoms with Gasteiger partial charge in [0.25, 0.3) is 0 Å². The maximum absolute atomic E-state index is 5.73. The monoisotopic (exact) mass is 319 g/mol. The molecule has 0 radical (unpaired) electrons. The second kappa shape index (κ2) is 5.51. The molecule has 0 saturated heterocycles. The Morgan fingerprint density at radius 2 is 2.05 bits per heavy atom. The van der Waals surface area contributed by atoms with Crippen LogP contribution in [0.3, 0.4) is 0 Å². The van der Waals surface area contributed by atoms with E-state index in [1.165, 1.54) is 36.0 Å². The summed E-state index contributed by atoms with van der Waals surface area (Å²) in [6, 6.07) is 11.0. The maximum Gasteiger partial charge on any atom is 0.169 e. The molecule has 1 aromatic heterocycles. The van der Waals surface area contributed by atoms with Gasteiger partial charge in [0.1, 0.15) is 5.76 Å². The molecule has 2 nitrogen and oxygen atoms in total. The number of rotatable bonds is 4. The first-order chi connectivity index (χ1) is 9.28. The summed E-state index contributed by atoms with van der Waals surface area (Å²) in [6.07, 6.45) is 3.73. The molecular weight excluding hydrogens is 302 g/mol. The largest absolute Gasteiger partial charge is 0.452 e. The van der Waals surface area contributed by atoms with Crippen LogP contribution >= 0.6 is 15.9 Å². The van der Waals surface area contributed by atoms with E-state index in [0.717, 1.165) is 17.0 Å². The molecule has 1 aliphatic carbocycles. The summed E-state index contributed by atoms with van der Waals surface area (Å²) >= 11 is 3.38. The van der Waals surface area contributed by atoms with Gasteiger partial charge in [-0.2, -0.15) is 0 Å². The quantitative estimate of drug-likeness (QED) is 0.912. The van der Waals surface area contributed by atoms with Crippen molar-refractivity contribution in [3.05, 3.63) is 57.5 Å². The summed E-state index contributed by atoms with van der Waals surface area (Å²) in [4.78, 5) is 0. The Kier molecular flexibility index (Phi) is 3.76. The van der Waals surface area contributed by atoms with E-state index in [0.29, 0.717) is 0 Å². The fraction of sp³-hybridized carbons (Fsp3) is 0.375. The lowest BCUT2D eigenvalue weighted by Gasteiger charge is -2.17. The van der Waals surface area contributed by atoms with Crippen molar-refractivity contribution < 1.29 is 4.42 Å². The lowest BCUT2D eigenvalue weighted by Crippen LogP contribution is -2.21. The fourth-order valence-electron chi connectivity index (χ4n) is 2.84. The van der Waals surface area contributed by atoms with Crippen LogP contribution in [0.5, 0.6) is 0 Å². The van der Waals surface area contributed by atoms with Crippen LogP contribution in [-0.2, 0) is 12.8 Å². The van der Waals surface area contributed by atoms with Crippen LogP contribution in [-0.4, -0.2) is 6.54 Å². The van der Waals surface area contributed by atoms with E-state index >= 15 is 0 Å². The molecule has 2 aromatic rings. The Bertz CT molecular complexity index is 576. The van der Waals surface area contributed by atoms with Gasteiger partial charge in [-0.1, -0.05) is 25.1 Å². The van der Waals surface area contributed by atoms with E-state index in [1.54, 1.807) is 0 Å². The van der Waals surface area contributed by atoms with Gasteiger partial charge in [-0.15, -0.1) is 0 Å². The van der Waals surface area contributed by atoms with Gasteiger partial charge in [0, 0.05) is 0 Å². The molecule has 0 spiro atoms. The van der Waals surface area contributed by atoms with Gasteiger partial charge in [0.05, 0.1) is 6.04 Å². The predicted molar refractivity (Wildman–Crippen MR) is 80.4 cm³/mol. The highest BCUT2D eigenvalue weighted by molar-refractivity contribution is 9.10. The second-order valence-electron chi connectivity index (χ2n) is 5.01. The lowest BCUT2D eigenvalue weighted by atomic mass is 9.99. The summed E-state index contributed by atoms with van der Waals surface area (Å²) in [6.45, 7) is 3.04. The molecule has 1 unspecified atom stereocenters. The number of aryl methyl sites for hydroxylation is 2. The van der Waals surface area contributed by atoms with Crippen molar-refractivity contribution in [3.8, 4) is 0 Å². The van der Waals surface area contributed by atoms with Gasteiger partial charge in [-0.25, -0.2) is 0 Å². The molecule has 0 saturated carbocycles. The predicted octanol–water partition coefficient (Wildman–Crippen LogP) is 4.23. The molecule has 1 heterocycles. The first kappa shape index (κ1) is 12.9. The van der Waals surface area contributed by atoms with E-state index in [1.807, 2.05) is 12.1 Å². The van der Waals surface area contributed by atoms with Crippen LogP contribution in [0.15, 0.2) is 39.4 Å². The van der Waals surface area contributed by atoms with E-state index < -0.39 is 0 Å². The van der Waals surface area contributed by atoms with Crippen molar-refractivity contribution in [2.24, 2.45) is 0 Å². The van der Waals surface area contributed by atoms with Gasteiger partial charge in [-0.3, -0.25) is 0 Å². The molecule has 3 rings (SSSR count). The van der Waals surface area contributed by atoms with E-state index in [2.05, 4.69) is 46.4 Å². The number of nitrogens with one attached hydrogen (secondary N) is 1. The number of fused-ring (bicyclic) bond motifs is 1. The summed E-state index contributed by atoms with van der Waals surface area (Å²) in [5, 5.41) is 3.51. The van der Waals surface area contributed by atoms with Crippen molar-refractivity contribution in [2.45, 2.75) is 32.2 Å². The third-order valence-corrected chi connectivity index (χ3v) is 4.17. The van der Waals surface area contributed by atoms with Crippen molar-refractivity contribution in [1.82, 2.24) is 5.32 Å². The average Bonchev–Trinajstić information content (AvgIpc) is 3.03. The van der Waals surface area contributed by atoms with Crippen molar-refractivity contribution >= 4 is 15.9 Å². The first-order valence-electron chi connectivity index (χ1n) is 6.88. The SMILES string of the molecule is CCNC(c1ccc2c(c1)CCC2)c1ccc(Br)o1. The molecule has 100 valence electrons. The fourth-order valence-corrected chi connectivity index (χ4v) is 3.16. The summed E-state index contributed by atoms with van der Waals surface area (Å²) in [5.41, 5.74) is 4.31. The summed E-state index contributed by atoms with van der Waals surface area (Å²) in [5.74, 6) is 0.965. The highest BCUT2D eigenvalue weighted by Gasteiger charge is 2.19. The van der Waals surface area contributed by atoms with Crippen LogP contribution in [0, 0.1) is 0 Å². The molecule has 0 fully saturated rings. The lowest BCUT2D eigenvalue weighted by molar-refractivity contribution is 0.437. The highest BCUT2D eigenvalue weighted by Crippen LogP contribution is 2.30. The van der Waals surface area contributed by atoms with Gasteiger partial charge in [0.15, 0.2) is 4.67 Å². The third kappa shape index (κ3) is 2.63. The Morgan fingerprint density at radius 3 is 2.79 bits per heavy atom. The Balaban J connectivity index is 1.95. The summed E-state index contributed by atoms with van der Waals surface area (Å²) < 4.78 is 6.51. The van der Waals surface area contributed by atoms with Crippen LogP contribution in [0.25, 0.3) is 0 Å². The minimum atomic E-state index is 0.141. The zero-order valence-corrected chi connectivity index (χ0v) is 12.7. The molecule has 1 aliphatic rings. The van der Waals surface area contributed by atoms with Gasteiger partial charge in [-0.05, 0) is 70.6 Å². The van der Waals surface area contributed by atoms with Crippen LogP contribution < -0.4 is 5.32 Å². The number of benzene rings is 1. The zero-order valence-electron chi connectivity index (χ0n) is 11.1. The Morgan fingerprint density at radius 1 is 1.21 bits per heavy atom. The van der Waals surface area contributed by atoms with Crippen LogP contribution in [0.4, 0.5) is 0 Å². The van der Waals surface area contributed by atoms with E-state index in [-0.39, 0.29) is 6.04 Å². The number of furan rings is 1. The van der Waals surface area contributed by atoms with Crippen molar-refractivity contribution in [1.29, 1.82) is 0 Å². The molecule has 19 heavy (non-hydrogen) atoms. The molecule has 0 aliphatic heterocycles. The molecule has 1 aromatic carbocycles. The van der Waals surface area contributed by atoms with Gasteiger partial charge < -0.3 is 9.73 Å². The maximum atomic E-state index is 5.73. The third-order valence-electron chi connectivity index (χ3n) is 3.74. The van der Waals surface area contributed by atoms with Crippen molar-refractivity contribution in [3.63, 3.8) is 0 Å². The molecule has 0 bridgehead atoms. The first-order valence-corrected chi connectivity index (χ1v) is 7.67. The normalized spacial score (nSPS) is 15.5. The molecule has 3 heteroatoms. The Hall–Kier alpha value is -1.06. The molecule has 0 amide bonds. The zero-order chi connectivity index (χ0) is 13.2. The highest BCUT2D eigenvalue weighted by atomic mass is 79.9. The van der Waals surface area contributed by atoms with E-state index in [9.17, 15) is 0 Å². The standard InChI is InChI=1S/C16H18BrNO/c1-2-18-16(14-8-9-15(17)19-14)13-7-6-11-4-3-5-12(11)10-13/h6-10,16,18H,2-5H2,1H3. The van der Waals surface area contributed by atoms with Gasteiger partial charge in [0.2, 0.25) is 0 Å². The number of hydrogen-bond acceptors (Lipinski definition) is 2. The molecular formula is C16H18BrNO. The van der Waals surface area contributed by atoms with Crippen molar-refractivity contribution in [2.75, 3.05) is 6.54 Å². The summed E-state index contributed by atoms with van der Waals surface area (Å²) in [7, 11) is 0. The van der Waals surface area contributed by atoms with Crippen LogP contribution in [0.2, 0.25) is 0 Å². The Labute approximate surface area is 122 Å². The molecule has 1 atom stereocenters. The number of halogens is 1.